The van der Waals surface area contributed by atoms with Crippen LogP contribution in [0.3, 0.4) is 0 Å². The monoisotopic (exact) mass is 315 g/mol. The molecule has 3 nitrogen and oxygen atoms in total. The van der Waals surface area contributed by atoms with E-state index in [1.165, 1.54) is 0 Å². The Labute approximate surface area is 118 Å². The van der Waals surface area contributed by atoms with E-state index < -0.39 is 0 Å². The van der Waals surface area contributed by atoms with Crippen molar-refractivity contribution in [3.8, 4) is 0 Å². The molecule has 3 aromatic rings. The van der Waals surface area contributed by atoms with Crippen LogP contribution in [-0.4, -0.2) is 10.8 Å². The number of fused-ring (bicyclic) bond motifs is 1. The van der Waals surface area contributed by atoms with Gasteiger partial charge in [-0.05, 0) is 24.3 Å². The van der Waals surface area contributed by atoms with Crippen molar-refractivity contribution in [3.63, 3.8) is 0 Å². The molecule has 3 rings (SSSR count). The number of halogens is 1. The van der Waals surface area contributed by atoms with Gasteiger partial charge in [0.25, 0.3) is 0 Å². The molecule has 94 valence electrons. The molecule has 0 fully saturated rings. The number of ketones is 1. The van der Waals surface area contributed by atoms with Crippen LogP contribution in [0.15, 0.2) is 57.4 Å². The fourth-order valence-electron chi connectivity index (χ4n) is 1.87. The van der Waals surface area contributed by atoms with Crippen molar-refractivity contribution in [2.24, 2.45) is 0 Å². The Kier molecular flexibility index (Phi) is 3.17. The van der Waals surface area contributed by atoms with E-state index >= 15 is 0 Å². The van der Waals surface area contributed by atoms with E-state index in [-0.39, 0.29) is 12.2 Å². The van der Waals surface area contributed by atoms with E-state index in [0.717, 1.165) is 9.99 Å². The molecular weight excluding hydrogens is 306 g/mol. The maximum absolute atomic E-state index is 12.1. The maximum Gasteiger partial charge on any atom is 0.203 e. The Hall–Kier alpha value is -1.94. The molecule has 0 radical (unpaired) electrons. The van der Waals surface area contributed by atoms with E-state index in [1.54, 1.807) is 12.1 Å². The Morgan fingerprint density at radius 2 is 1.84 bits per heavy atom. The number of rotatable bonds is 3. The lowest BCUT2D eigenvalue weighted by molar-refractivity contribution is 0.0986. The predicted octanol–water partition coefficient (Wildman–Crippen LogP) is 4.02. The first kappa shape index (κ1) is 12.1. The molecule has 0 spiro atoms. The Morgan fingerprint density at radius 1 is 1.11 bits per heavy atom. The zero-order chi connectivity index (χ0) is 13.2. The highest BCUT2D eigenvalue weighted by molar-refractivity contribution is 9.10. The largest absolute Gasteiger partial charge is 0.440 e. The van der Waals surface area contributed by atoms with Gasteiger partial charge in [-0.2, -0.15) is 0 Å². The molecule has 19 heavy (non-hydrogen) atoms. The molecule has 1 aromatic heterocycles. The molecule has 0 saturated heterocycles. The van der Waals surface area contributed by atoms with Gasteiger partial charge in [-0.25, -0.2) is 4.98 Å². The SMILES string of the molecule is O=C(Cc1nc2ccccc2o1)c1ccc(Br)cc1. The first-order valence-electron chi connectivity index (χ1n) is 5.85. The molecule has 0 unspecified atom stereocenters. The van der Waals surface area contributed by atoms with Gasteiger partial charge >= 0.3 is 0 Å². The van der Waals surface area contributed by atoms with Crippen LogP contribution < -0.4 is 0 Å². The highest BCUT2D eigenvalue weighted by Gasteiger charge is 2.12. The number of para-hydroxylation sites is 2. The van der Waals surface area contributed by atoms with Crippen molar-refractivity contribution in [1.29, 1.82) is 0 Å². The zero-order valence-corrected chi connectivity index (χ0v) is 11.6. The summed E-state index contributed by atoms with van der Waals surface area (Å²) in [6, 6.07) is 14.8. The summed E-state index contributed by atoms with van der Waals surface area (Å²) in [6.07, 6.45) is 0.177. The third-order valence-corrected chi connectivity index (χ3v) is 3.34. The summed E-state index contributed by atoms with van der Waals surface area (Å²) in [6.45, 7) is 0. The molecule has 0 aliphatic carbocycles. The van der Waals surface area contributed by atoms with E-state index in [4.69, 9.17) is 4.42 Å². The summed E-state index contributed by atoms with van der Waals surface area (Å²) in [5.41, 5.74) is 2.15. The van der Waals surface area contributed by atoms with Crippen LogP contribution in [0.25, 0.3) is 11.1 Å². The molecule has 2 aromatic carbocycles. The number of hydrogen-bond donors (Lipinski definition) is 0. The third-order valence-electron chi connectivity index (χ3n) is 2.82. The summed E-state index contributed by atoms with van der Waals surface area (Å²) in [5, 5.41) is 0. The first-order chi connectivity index (χ1) is 9.22. The Morgan fingerprint density at radius 3 is 2.58 bits per heavy atom. The molecule has 1 heterocycles. The van der Waals surface area contributed by atoms with Crippen LogP contribution >= 0.6 is 15.9 Å². The van der Waals surface area contributed by atoms with Gasteiger partial charge in [-0.1, -0.05) is 40.2 Å². The second-order valence-electron chi connectivity index (χ2n) is 4.18. The van der Waals surface area contributed by atoms with E-state index in [0.29, 0.717) is 17.0 Å². The van der Waals surface area contributed by atoms with Gasteiger partial charge in [0.15, 0.2) is 11.4 Å². The van der Waals surface area contributed by atoms with Crippen molar-refractivity contribution in [1.82, 2.24) is 4.98 Å². The van der Waals surface area contributed by atoms with Gasteiger partial charge in [-0.15, -0.1) is 0 Å². The minimum Gasteiger partial charge on any atom is -0.440 e. The number of oxazole rings is 1. The highest BCUT2D eigenvalue weighted by Crippen LogP contribution is 2.17. The van der Waals surface area contributed by atoms with E-state index in [9.17, 15) is 4.79 Å². The quantitative estimate of drug-likeness (QED) is 0.686. The zero-order valence-electron chi connectivity index (χ0n) is 9.97. The number of Topliss-reactive ketones (excluding diaryl/α,β-unsaturated/α-hetero) is 1. The number of hydrogen-bond acceptors (Lipinski definition) is 3. The van der Waals surface area contributed by atoms with E-state index in [1.807, 2.05) is 36.4 Å². The topological polar surface area (TPSA) is 43.1 Å². The maximum atomic E-state index is 12.1. The predicted molar refractivity (Wildman–Crippen MR) is 76.2 cm³/mol. The molecular formula is C15H10BrNO2. The minimum absolute atomic E-state index is 0.000874. The smallest absolute Gasteiger partial charge is 0.203 e. The molecule has 4 heteroatoms. The second kappa shape index (κ2) is 4.97. The number of aromatic nitrogens is 1. The average Bonchev–Trinajstić information content (AvgIpc) is 2.81. The summed E-state index contributed by atoms with van der Waals surface area (Å²) >= 11 is 3.34. The van der Waals surface area contributed by atoms with Crippen molar-refractivity contribution in [2.75, 3.05) is 0 Å². The van der Waals surface area contributed by atoms with Gasteiger partial charge in [-0.3, -0.25) is 4.79 Å². The molecule has 0 aliphatic heterocycles. The van der Waals surface area contributed by atoms with Crippen LogP contribution in [-0.2, 0) is 6.42 Å². The van der Waals surface area contributed by atoms with Crippen molar-refractivity contribution in [3.05, 3.63) is 64.5 Å². The van der Waals surface area contributed by atoms with Gasteiger partial charge in [0.2, 0.25) is 5.89 Å². The van der Waals surface area contributed by atoms with Crippen molar-refractivity contribution >= 4 is 32.8 Å². The lowest BCUT2D eigenvalue weighted by Gasteiger charge is -1.98. The van der Waals surface area contributed by atoms with Gasteiger partial charge in [0.05, 0.1) is 6.42 Å². The Balaban J connectivity index is 1.84. The average molecular weight is 316 g/mol. The highest BCUT2D eigenvalue weighted by atomic mass is 79.9. The third kappa shape index (κ3) is 2.58. The van der Waals surface area contributed by atoms with Crippen molar-refractivity contribution in [2.45, 2.75) is 6.42 Å². The number of benzene rings is 2. The summed E-state index contributed by atoms with van der Waals surface area (Å²) < 4.78 is 6.49. The van der Waals surface area contributed by atoms with Gasteiger partial charge in [0.1, 0.15) is 5.52 Å². The van der Waals surface area contributed by atoms with Gasteiger partial charge < -0.3 is 4.42 Å². The van der Waals surface area contributed by atoms with Crippen LogP contribution in [0, 0.1) is 0 Å². The molecule has 0 bridgehead atoms. The number of carbonyl (C=O) groups is 1. The van der Waals surface area contributed by atoms with Crippen LogP contribution in [0.5, 0.6) is 0 Å². The number of nitrogens with zero attached hydrogens (tertiary/aromatic N) is 1. The molecule has 0 amide bonds. The molecule has 0 saturated carbocycles. The lowest BCUT2D eigenvalue weighted by atomic mass is 10.1. The molecule has 0 N–H and O–H groups in total. The fourth-order valence-corrected chi connectivity index (χ4v) is 2.14. The normalized spacial score (nSPS) is 10.8. The molecule has 0 atom stereocenters. The van der Waals surface area contributed by atoms with Crippen LogP contribution in [0.1, 0.15) is 16.2 Å². The second-order valence-corrected chi connectivity index (χ2v) is 5.10. The lowest BCUT2D eigenvalue weighted by Crippen LogP contribution is -2.03. The Bertz CT molecular complexity index is 698. The van der Waals surface area contributed by atoms with Crippen LogP contribution in [0.4, 0.5) is 0 Å². The summed E-state index contributed by atoms with van der Waals surface area (Å²) in [4.78, 5) is 16.4. The summed E-state index contributed by atoms with van der Waals surface area (Å²) in [7, 11) is 0. The fraction of sp³-hybridized carbons (Fsp3) is 0.0667. The standard InChI is InChI=1S/C15H10BrNO2/c16-11-7-5-10(6-8-11)13(18)9-15-17-12-3-1-2-4-14(12)19-15/h1-8H,9H2. The first-order valence-corrected chi connectivity index (χ1v) is 6.65. The minimum atomic E-state index is -0.000874. The number of carbonyl (C=O) groups excluding carboxylic acids is 1. The van der Waals surface area contributed by atoms with Gasteiger partial charge in [0, 0.05) is 10.0 Å². The summed E-state index contributed by atoms with van der Waals surface area (Å²) in [5.74, 6) is 0.452. The van der Waals surface area contributed by atoms with E-state index in [2.05, 4.69) is 20.9 Å². The van der Waals surface area contributed by atoms with Crippen molar-refractivity contribution < 1.29 is 9.21 Å². The molecule has 0 aliphatic rings. The van der Waals surface area contributed by atoms with Crippen LogP contribution in [0.2, 0.25) is 0 Å².